The quantitative estimate of drug-likeness (QED) is 0.657. The predicted molar refractivity (Wildman–Crippen MR) is 121 cm³/mol. The van der Waals surface area contributed by atoms with E-state index in [1.165, 1.54) is 0 Å². The first-order valence-corrected chi connectivity index (χ1v) is 10.5. The topological polar surface area (TPSA) is 58.6 Å². The molecule has 2 amide bonds. The Morgan fingerprint density at radius 2 is 1.73 bits per heavy atom. The van der Waals surface area contributed by atoms with Gasteiger partial charge in [0, 0.05) is 17.1 Å². The Kier molecular flexibility index (Phi) is 8.30. The zero-order chi connectivity index (χ0) is 22.3. The van der Waals surface area contributed by atoms with Gasteiger partial charge in [0.2, 0.25) is 5.91 Å². The minimum atomic E-state index is -0.604. The van der Waals surface area contributed by atoms with Crippen molar-refractivity contribution in [2.75, 3.05) is 6.61 Å². The summed E-state index contributed by atoms with van der Waals surface area (Å²) in [4.78, 5) is 27.7. The minimum absolute atomic E-state index is 0.141. The normalized spacial score (nSPS) is 12.2. The van der Waals surface area contributed by atoms with Crippen LogP contribution < -0.4 is 10.1 Å². The fourth-order valence-electron chi connectivity index (χ4n) is 3.10. The van der Waals surface area contributed by atoms with Gasteiger partial charge >= 0.3 is 0 Å². The highest BCUT2D eigenvalue weighted by Crippen LogP contribution is 2.19. The molecule has 2 rings (SSSR count). The predicted octanol–water partition coefficient (Wildman–Crippen LogP) is 4.75. The molecule has 5 nitrogen and oxygen atoms in total. The number of ether oxygens (including phenoxy) is 1. The Labute approximate surface area is 184 Å². The fraction of sp³-hybridized carbons (Fsp3) is 0.417. The van der Waals surface area contributed by atoms with E-state index in [4.69, 9.17) is 16.3 Å². The Balaban J connectivity index is 2.24. The van der Waals surface area contributed by atoms with Crippen molar-refractivity contribution < 1.29 is 14.3 Å². The molecule has 0 saturated carbocycles. The number of halogens is 1. The molecular formula is C24H31ClN2O3. The standard InChI is InChI=1S/C24H31ClN2O3/c1-6-20(23(29)26-24(3,4)5)27(15-18-11-13-19(25)14-12-18)22(28)16-30-21-10-8-7-9-17(21)2/h7-14,20H,6,15-16H2,1-5H3,(H,26,29). The van der Waals surface area contributed by atoms with E-state index >= 15 is 0 Å². The number of amides is 2. The van der Waals surface area contributed by atoms with Gasteiger partial charge in [-0.25, -0.2) is 0 Å². The molecule has 1 unspecified atom stereocenters. The molecule has 0 spiro atoms. The van der Waals surface area contributed by atoms with Crippen LogP contribution in [0.3, 0.4) is 0 Å². The number of carbonyl (C=O) groups is 2. The first-order valence-electron chi connectivity index (χ1n) is 10.1. The zero-order valence-electron chi connectivity index (χ0n) is 18.4. The van der Waals surface area contributed by atoms with Crippen molar-refractivity contribution in [2.45, 2.75) is 59.2 Å². The highest BCUT2D eigenvalue weighted by molar-refractivity contribution is 6.30. The van der Waals surface area contributed by atoms with Crippen LogP contribution in [0.25, 0.3) is 0 Å². The second-order valence-corrected chi connectivity index (χ2v) is 8.80. The van der Waals surface area contributed by atoms with Crippen LogP contribution in [-0.2, 0) is 16.1 Å². The number of para-hydroxylation sites is 1. The molecule has 1 atom stereocenters. The molecule has 0 radical (unpaired) electrons. The zero-order valence-corrected chi connectivity index (χ0v) is 19.1. The van der Waals surface area contributed by atoms with E-state index in [-0.39, 0.29) is 18.4 Å². The average molecular weight is 431 g/mol. The number of hydrogen-bond donors (Lipinski definition) is 1. The van der Waals surface area contributed by atoms with Crippen molar-refractivity contribution in [3.8, 4) is 5.75 Å². The van der Waals surface area contributed by atoms with Crippen molar-refractivity contribution in [1.82, 2.24) is 10.2 Å². The smallest absolute Gasteiger partial charge is 0.261 e. The van der Waals surface area contributed by atoms with Crippen LogP contribution in [0.2, 0.25) is 5.02 Å². The van der Waals surface area contributed by atoms with Gasteiger partial charge in [0.1, 0.15) is 11.8 Å². The highest BCUT2D eigenvalue weighted by Gasteiger charge is 2.30. The molecule has 30 heavy (non-hydrogen) atoms. The van der Waals surface area contributed by atoms with Gasteiger partial charge in [-0.1, -0.05) is 48.9 Å². The summed E-state index contributed by atoms with van der Waals surface area (Å²) >= 11 is 5.99. The lowest BCUT2D eigenvalue weighted by atomic mass is 10.1. The molecule has 6 heteroatoms. The van der Waals surface area contributed by atoms with Gasteiger partial charge < -0.3 is 15.0 Å². The van der Waals surface area contributed by atoms with Crippen LogP contribution in [0.5, 0.6) is 5.75 Å². The molecule has 0 fully saturated rings. The monoisotopic (exact) mass is 430 g/mol. The number of nitrogens with zero attached hydrogens (tertiary/aromatic N) is 1. The van der Waals surface area contributed by atoms with Gasteiger partial charge in [0.05, 0.1) is 0 Å². The summed E-state index contributed by atoms with van der Waals surface area (Å²) < 4.78 is 5.77. The molecule has 162 valence electrons. The Bertz CT molecular complexity index is 859. The summed E-state index contributed by atoms with van der Waals surface area (Å²) in [5.74, 6) is 0.233. The number of benzene rings is 2. The van der Waals surface area contributed by atoms with Gasteiger partial charge in [-0.3, -0.25) is 9.59 Å². The lowest BCUT2D eigenvalue weighted by Gasteiger charge is -2.33. The maximum Gasteiger partial charge on any atom is 0.261 e. The van der Waals surface area contributed by atoms with Crippen LogP contribution >= 0.6 is 11.6 Å². The third kappa shape index (κ3) is 7.06. The van der Waals surface area contributed by atoms with Crippen molar-refractivity contribution in [3.63, 3.8) is 0 Å². The van der Waals surface area contributed by atoms with E-state index in [0.29, 0.717) is 23.7 Å². The molecule has 0 aromatic heterocycles. The highest BCUT2D eigenvalue weighted by atomic mass is 35.5. The summed E-state index contributed by atoms with van der Waals surface area (Å²) in [5.41, 5.74) is 1.45. The summed E-state index contributed by atoms with van der Waals surface area (Å²) in [6.07, 6.45) is 0.492. The number of rotatable bonds is 8. The molecule has 0 saturated heterocycles. The van der Waals surface area contributed by atoms with Gasteiger partial charge in [-0.15, -0.1) is 0 Å². The van der Waals surface area contributed by atoms with E-state index in [1.54, 1.807) is 17.0 Å². The summed E-state index contributed by atoms with van der Waals surface area (Å²) in [7, 11) is 0. The minimum Gasteiger partial charge on any atom is -0.484 e. The Hall–Kier alpha value is -2.53. The molecular weight excluding hydrogens is 400 g/mol. The molecule has 2 aromatic carbocycles. The van der Waals surface area contributed by atoms with Crippen molar-refractivity contribution in [2.24, 2.45) is 0 Å². The van der Waals surface area contributed by atoms with Crippen molar-refractivity contribution >= 4 is 23.4 Å². The van der Waals surface area contributed by atoms with Gasteiger partial charge in [0.15, 0.2) is 6.61 Å². The van der Waals surface area contributed by atoms with E-state index in [2.05, 4.69) is 5.32 Å². The third-order valence-electron chi connectivity index (χ3n) is 4.60. The number of carbonyl (C=O) groups excluding carboxylic acids is 2. The SMILES string of the molecule is CCC(C(=O)NC(C)(C)C)N(Cc1ccc(Cl)cc1)C(=O)COc1ccccc1C. The van der Waals surface area contributed by atoms with E-state index in [1.807, 2.05) is 71.0 Å². The molecule has 0 aliphatic heterocycles. The third-order valence-corrected chi connectivity index (χ3v) is 4.85. The maximum atomic E-state index is 13.2. The summed E-state index contributed by atoms with van der Waals surface area (Å²) in [6.45, 7) is 9.74. The van der Waals surface area contributed by atoms with E-state index in [9.17, 15) is 9.59 Å². The molecule has 0 bridgehead atoms. The number of nitrogens with one attached hydrogen (secondary N) is 1. The lowest BCUT2D eigenvalue weighted by molar-refractivity contribution is -0.143. The van der Waals surface area contributed by atoms with Gasteiger partial charge in [-0.2, -0.15) is 0 Å². The maximum absolute atomic E-state index is 13.2. The largest absolute Gasteiger partial charge is 0.484 e. The van der Waals surface area contributed by atoms with E-state index in [0.717, 1.165) is 11.1 Å². The van der Waals surface area contributed by atoms with Crippen LogP contribution in [0.1, 0.15) is 45.2 Å². The number of aryl methyl sites for hydroxylation is 1. The Morgan fingerprint density at radius 1 is 1.10 bits per heavy atom. The van der Waals surface area contributed by atoms with Crippen molar-refractivity contribution in [3.05, 3.63) is 64.7 Å². The second kappa shape index (κ2) is 10.5. The molecule has 0 heterocycles. The molecule has 0 aliphatic rings. The first kappa shape index (κ1) is 23.7. The first-order chi connectivity index (χ1) is 14.1. The van der Waals surface area contributed by atoms with Crippen LogP contribution in [0.15, 0.2) is 48.5 Å². The summed E-state index contributed by atoms with van der Waals surface area (Å²) in [6, 6.07) is 14.2. The van der Waals surface area contributed by atoms with Gasteiger partial charge in [0.25, 0.3) is 5.91 Å². The summed E-state index contributed by atoms with van der Waals surface area (Å²) in [5, 5.41) is 3.61. The molecule has 1 N–H and O–H groups in total. The van der Waals surface area contributed by atoms with E-state index < -0.39 is 11.6 Å². The van der Waals surface area contributed by atoms with Crippen LogP contribution in [0.4, 0.5) is 0 Å². The molecule has 0 aliphatic carbocycles. The number of hydrogen-bond acceptors (Lipinski definition) is 3. The van der Waals surface area contributed by atoms with Crippen LogP contribution in [0, 0.1) is 6.92 Å². The van der Waals surface area contributed by atoms with Gasteiger partial charge in [-0.05, 0) is 63.4 Å². The molecule has 2 aromatic rings. The average Bonchev–Trinajstić information content (AvgIpc) is 2.67. The lowest BCUT2D eigenvalue weighted by Crippen LogP contribution is -2.54. The Morgan fingerprint density at radius 3 is 2.30 bits per heavy atom. The van der Waals surface area contributed by atoms with Crippen molar-refractivity contribution in [1.29, 1.82) is 0 Å². The fourth-order valence-corrected chi connectivity index (χ4v) is 3.23. The van der Waals surface area contributed by atoms with Crippen LogP contribution in [-0.4, -0.2) is 34.9 Å². The second-order valence-electron chi connectivity index (χ2n) is 8.37.